The van der Waals surface area contributed by atoms with Crippen LogP contribution in [0.3, 0.4) is 0 Å². The number of sulfone groups is 1. The number of carbonyl (C=O) groups excluding carboxylic acids is 1. The summed E-state index contributed by atoms with van der Waals surface area (Å²) in [7, 11) is -3.34. The van der Waals surface area contributed by atoms with E-state index in [9.17, 15) is 13.2 Å². The summed E-state index contributed by atoms with van der Waals surface area (Å²) in [6.07, 6.45) is 1.09. The molecule has 0 spiro atoms. The van der Waals surface area contributed by atoms with Crippen molar-refractivity contribution in [1.82, 2.24) is 0 Å². The van der Waals surface area contributed by atoms with Gasteiger partial charge in [0.15, 0.2) is 15.6 Å². The Morgan fingerprint density at radius 1 is 1.06 bits per heavy atom. The van der Waals surface area contributed by atoms with Crippen molar-refractivity contribution in [2.24, 2.45) is 0 Å². The van der Waals surface area contributed by atoms with Gasteiger partial charge in [-0.1, -0.05) is 6.07 Å². The zero-order chi connectivity index (χ0) is 13.4. The van der Waals surface area contributed by atoms with E-state index < -0.39 is 15.1 Å². The second kappa shape index (κ2) is 4.61. The van der Waals surface area contributed by atoms with Crippen molar-refractivity contribution in [3.05, 3.63) is 34.4 Å². The molecule has 1 rings (SSSR count). The molecule has 0 fully saturated rings. The maximum absolute atomic E-state index is 12.1. The second-order valence-corrected chi connectivity index (χ2v) is 6.95. The molecular weight excluding hydrogens is 236 g/mol. The van der Waals surface area contributed by atoms with E-state index in [1.54, 1.807) is 6.07 Å². The van der Waals surface area contributed by atoms with Gasteiger partial charge in [0, 0.05) is 11.8 Å². The van der Waals surface area contributed by atoms with Crippen molar-refractivity contribution in [2.75, 3.05) is 6.26 Å². The number of rotatable bonds is 3. The fourth-order valence-electron chi connectivity index (χ4n) is 1.64. The van der Waals surface area contributed by atoms with Crippen LogP contribution in [-0.4, -0.2) is 25.7 Å². The first kappa shape index (κ1) is 13.9. The van der Waals surface area contributed by atoms with Gasteiger partial charge in [-0.3, -0.25) is 4.79 Å². The SMILES string of the molecule is Cc1cc(C)c(C(=O)C(C)S(C)(=O)=O)cc1C. The summed E-state index contributed by atoms with van der Waals surface area (Å²) in [6, 6.07) is 3.69. The number of carbonyl (C=O) groups is 1. The predicted octanol–water partition coefficient (Wildman–Crippen LogP) is 2.23. The summed E-state index contributed by atoms with van der Waals surface area (Å²) in [5.41, 5.74) is 3.44. The van der Waals surface area contributed by atoms with Gasteiger partial charge in [0.2, 0.25) is 0 Å². The molecule has 0 aromatic heterocycles. The van der Waals surface area contributed by atoms with Crippen LogP contribution in [0, 0.1) is 20.8 Å². The molecule has 4 heteroatoms. The molecule has 1 unspecified atom stereocenters. The minimum atomic E-state index is -3.34. The molecule has 0 amide bonds. The highest BCUT2D eigenvalue weighted by molar-refractivity contribution is 7.92. The Kier molecular flexibility index (Phi) is 3.77. The van der Waals surface area contributed by atoms with Gasteiger partial charge in [-0.15, -0.1) is 0 Å². The van der Waals surface area contributed by atoms with Gasteiger partial charge in [-0.2, -0.15) is 0 Å². The van der Waals surface area contributed by atoms with Gasteiger partial charge in [0.05, 0.1) is 0 Å². The Balaban J connectivity index is 3.27. The van der Waals surface area contributed by atoms with Crippen LogP contribution in [0.15, 0.2) is 12.1 Å². The normalized spacial score (nSPS) is 13.5. The molecule has 1 atom stereocenters. The molecular formula is C13H18O3S. The van der Waals surface area contributed by atoms with E-state index in [1.165, 1.54) is 6.92 Å². The molecule has 0 heterocycles. The Morgan fingerprint density at radius 3 is 2.00 bits per heavy atom. The van der Waals surface area contributed by atoms with Crippen molar-refractivity contribution in [1.29, 1.82) is 0 Å². The summed E-state index contributed by atoms with van der Waals surface area (Å²) in [5, 5.41) is -0.983. The third kappa shape index (κ3) is 2.94. The zero-order valence-corrected chi connectivity index (χ0v) is 11.7. The summed E-state index contributed by atoms with van der Waals surface area (Å²) < 4.78 is 22.8. The first-order valence-electron chi connectivity index (χ1n) is 5.45. The standard InChI is InChI=1S/C13H18O3S/c1-8-6-10(3)12(7-9(8)2)13(14)11(4)17(5,15)16/h6-7,11H,1-5H3. The van der Waals surface area contributed by atoms with Crippen molar-refractivity contribution in [2.45, 2.75) is 32.9 Å². The highest BCUT2D eigenvalue weighted by atomic mass is 32.2. The highest BCUT2D eigenvalue weighted by Crippen LogP contribution is 2.18. The lowest BCUT2D eigenvalue weighted by Gasteiger charge is -2.12. The first-order chi connectivity index (χ1) is 7.64. The summed E-state index contributed by atoms with van der Waals surface area (Å²) in [6.45, 7) is 7.15. The molecule has 0 aliphatic rings. The van der Waals surface area contributed by atoms with E-state index >= 15 is 0 Å². The third-order valence-electron chi connectivity index (χ3n) is 3.12. The Hall–Kier alpha value is -1.16. The van der Waals surface area contributed by atoms with Crippen molar-refractivity contribution in [3.8, 4) is 0 Å². The van der Waals surface area contributed by atoms with Gasteiger partial charge in [-0.05, 0) is 50.5 Å². The van der Waals surface area contributed by atoms with Gasteiger partial charge < -0.3 is 0 Å². The maximum Gasteiger partial charge on any atom is 0.180 e. The highest BCUT2D eigenvalue weighted by Gasteiger charge is 2.25. The van der Waals surface area contributed by atoms with Gasteiger partial charge >= 0.3 is 0 Å². The number of benzene rings is 1. The molecule has 3 nitrogen and oxygen atoms in total. The predicted molar refractivity (Wildman–Crippen MR) is 69.3 cm³/mol. The molecule has 0 bridgehead atoms. The minimum absolute atomic E-state index is 0.326. The first-order valence-corrected chi connectivity index (χ1v) is 7.41. The molecule has 0 saturated carbocycles. The fraction of sp³-hybridized carbons (Fsp3) is 0.462. The number of aryl methyl sites for hydroxylation is 3. The van der Waals surface area contributed by atoms with Crippen LogP contribution in [0.5, 0.6) is 0 Å². The van der Waals surface area contributed by atoms with Gasteiger partial charge in [0.1, 0.15) is 5.25 Å². The summed E-state index contributed by atoms with van der Waals surface area (Å²) in [5.74, 6) is -0.326. The van der Waals surface area contributed by atoms with Crippen molar-refractivity contribution >= 4 is 15.6 Å². The van der Waals surface area contributed by atoms with E-state index in [0.29, 0.717) is 5.56 Å². The molecule has 0 radical (unpaired) electrons. The van der Waals surface area contributed by atoms with Crippen LogP contribution in [0.4, 0.5) is 0 Å². The lowest BCUT2D eigenvalue weighted by Crippen LogP contribution is -2.27. The third-order valence-corrected chi connectivity index (χ3v) is 4.62. The average molecular weight is 254 g/mol. The number of hydrogen-bond donors (Lipinski definition) is 0. The molecule has 0 aliphatic heterocycles. The molecule has 0 saturated heterocycles. The summed E-state index contributed by atoms with van der Waals surface area (Å²) >= 11 is 0. The number of hydrogen-bond acceptors (Lipinski definition) is 3. The molecule has 1 aromatic carbocycles. The Bertz CT molecular complexity index is 556. The number of ketones is 1. The lowest BCUT2D eigenvalue weighted by molar-refractivity contribution is 0.0991. The minimum Gasteiger partial charge on any atom is -0.293 e. The maximum atomic E-state index is 12.1. The largest absolute Gasteiger partial charge is 0.293 e. The van der Waals surface area contributed by atoms with Gasteiger partial charge in [0.25, 0.3) is 0 Å². The average Bonchev–Trinajstić information content (AvgIpc) is 2.20. The molecule has 94 valence electrons. The van der Waals surface area contributed by atoms with Crippen LogP contribution >= 0.6 is 0 Å². The molecule has 0 aliphatic carbocycles. The summed E-state index contributed by atoms with van der Waals surface area (Å²) in [4.78, 5) is 12.1. The van der Waals surface area contributed by atoms with E-state index in [0.717, 1.165) is 22.9 Å². The molecule has 1 aromatic rings. The van der Waals surface area contributed by atoms with Gasteiger partial charge in [-0.25, -0.2) is 8.42 Å². The monoisotopic (exact) mass is 254 g/mol. The van der Waals surface area contributed by atoms with E-state index in [1.807, 2.05) is 26.8 Å². The quantitative estimate of drug-likeness (QED) is 0.777. The topological polar surface area (TPSA) is 51.2 Å². The zero-order valence-electron chi connectivity index (χ0n) is 10.9. The van der Waals surface area contributed by atoms with Crippen LogP contribution in [0.1, 0.15) is 34.0 Å². The van der Waals surface area contributed by atoms with E-state index in [-0.39, 0.29) is 5.78 Å². The van der Waals surface area contributed by atoms with Crippen LogP contribution in [0.2, 0.25) is 0 Å². The lowest BCUT2D eigenvalue weighted by atomic mass is 9.97. The second-order valence-electron chi connectivity index (χ2n) is 4.59. The van der Waals surface area contributed by atoms with E-state index in [4.69, 9.17) is 0 Å². The van der Waals surface area contributed by atoms with Crippen molar-refractivity contribution in [3.63, 3.8) is 0 Å². The van der Waals surface area contributed by atoms with E-state index in [2.05, 4.69) is 0 Å². The van der Waals surface area contributed by atoms with Crippen molar-refractivity contribution < 1.29 is 13.2 Å². The Labute approximate surface area is 103 Å². The van der Waals surface area contributed by atoms with Crippen LogP contribution in [0.25, 0.3) is 0 Å². The van der Waals surface area contributed by atoms with Crippen LogP contribution in [-0.2, 0) is 9.84 Å². The van der Waals surface area contributed by atoms with Crippen LogP contribution < -0.4 is 0 Å². The smallest absolute Gasteiger partial charge is 0.180 e. The molecule has 0 N–H and O–H groups in total. The fourth-order valence-corrected chi connectivity index (χ4v) is 2.16. The number of Topliss-reactive ketones (excluding diaryl/α,β-unsaturated/α-hetero) is 1. The Morgan fingerprint density at radius 2 is 1.53 bits per heavy atom. The molecule has 17 heavy (non-hydrogen) atoms.